The maximum atomic E-state index is 5.26. The molecule has 0 amide bonds. The van der Waals surface area contributed by atoms with E-state index >= 15 is 0 Å². The number of allylic oxidation sites excluding steroid dienone is 1. The molecule has 3 atom stereocenters. The van der Waals surface area contributed by atoms with Crippen LogP contribution in [0.5, 0.6) is 0 Å². The minimum atomic E-state index is 0.573. The minimum Gasteiger partial charge on any atom is -0.381 e. The molecular weight excluding hydrogens is 112 g/mol. The van der Waals surface area contributed by atoms with Crippen LogP contribution >= 0.6 is 0 Å². The van der Waals surface area contributed by atoms with Crippen molar-refractivity contribution >= 4 is 0 Å². The molecular formula is C8H12O. The van der Waals surface area contributed by atoms with Gasteiger partial charge < -0.3 is 4.74 Å². The summed E-state index contributed by atoms with van der Waals surface area (Å²) in [5.41, 5.74) is 0. The first kappa shape index (κ1) is 5.48. The first-order chi connectivity index (χ1) is 4.43. The lowest BCUT2D eigenvalue weighted by Gasteiger charge is -1.96. The van der Waals surface area contributed by atoms with E-state index in [0.29, 0.717) is 6.10 Å². The Kier molecular flexibility index (Phi) is 1.12. The lowest BCUT2D eigenvalue weighted by atomic mass is 10.1. The second kappa shape index (κ2) is 1.84. The van der Waals surface area contributed by atoms with Gasteiger partial charge in [-0.1, -0.05) is 12.2 Å². The van der Waals surface area contributed by atoms with Crippen LogP contribution in [0.25, 0.3) is 0 Å². The Bertz CT molecular complexity index is 136. The van der Waals surface area contributed by atoms with Crippen molar-refractivity contribution in [1.82, 2.24) is 0 Å². The topological polar surface area (TPSA) is 9.23 Å². The molecule has 3 unspecified atom stereocenters. The molecule has 0 aromatic heterocycles. The van der Waals surface area contributed by atoms with Crippen molar-refractivity contribution in [2.75, 3.05) is 7.11 Å². The van der Waals surface area contributed by atoms with E-state index in [0.717, 1.165) is 11.8 Å². The van der Waals surface area contributed by atoms with Crippen LogP contribution < -0.4 is 0 Å². The summed E-state index contributed by atoms with van der Waals surface area (Å²) < 4.78 is 5.26. The van der Waals surface area contributed by atoms with Crippen LogP contribution in [0, 0.1) is 11.8 Å². The molecule has 0 aliphatic heterocycles. The van der Waals surface area contributed by atoms with E-state index in [9.17, 15) is 0 Å². The zero-order valence-corrected chi connectivity index (χ0v) is 5.71. The van der Waals surface area contributed by atoms with E-state index in [4.69, 9.17) is 4.74 Å². The van der Waals surface area contributed by atoms with Gasteiger partial charge in [-0.15, -0.1) is 0 Å². The summed E-state index contributed by atoms with van der Waals surface area (Å²) in [4.78, 5) is 0. The number of hydrogen-bond donors (Lipinski definition) is 0. The van der Waals surface area contributed by atoms with Crippen molar-refractivity contribution in [2.24, 2.45) is 11.8 Å². The van der Waals surface area contributed by atoms with Crippen LogP contribution in [-0.2, 0) is 4.74 Å². The molecule has 0 N–H and O–H groups in total. The Hall–Kier alpha value is -0.300. The molecule has 1 nitrogen and oxygen atoms in total. The maximum absolute atomic E-state index is 5.26. The number of ether oxygens (including phenoxy) is 1. The van der Waals surface area contributed by atoms with E-state index < -0.39 is 0 Å². The summed E-state index contributed by atoms with van der Waals surface area (Å²) in [6.45, 7) is 0. The van der Waals surface area contributed by atoms with Gasteiger partial charge in [0.1, 0.15) is 0 Å². The SMILES string of the molecule is COC1C2C=CCCC21. The van der Waals surface area contributed by atoms with Crippen molar-refractivity contribution in [3.63, 3.8) is 0 Å². The Balaban J connectivity index is 2.02. The van der Waals surface area contributed by atoms with E-state index in [-0.39, 0.29) is 0 Å². The maximum Gasteiger partial charge on any atom is 0.0672 e. The third-order valence-corrected chi connectivity index (χ3v) is 2.45. The zero-order valence-electron chi connectivity index (χ0n) is 5.71. The Morgan fingerprint density at radius 2 is 2.44 bits per heavy atom. The van der Waals surface area contributed by atoms with E-state index in [1.165, 1.54) is 12.8 Å². The molecule has 50 valence electrons. The summed E-state index contributed by atoms with van der Waals surface area (Å²) in [6, 6.07) is 0. The Labute approximate surface area is 55.7 Å². The van der Waals surface area contributed by atoms with Crippen LogP contribution in [-0.4, -0.2) is 13.2 Å². The fourth-order valence-electron chi connectivity index (χ4n) is 1.85. The molecule has 1 fully saturated rings. The summed E-state index contributed by atoms with van der Waals surface area (Å²) in [7, 11) is 1.82. The molecule has 1 heteroatoms. The fraction of sp³-hybridized carbons (Fsp3) is 0.750. The van der Waals surface area contributed by atoms with Crippen LogP contribution in [0.2, 0.25) is 0 Å². The predicted molar refractivity (Wildman–Crippen MR) is 36.2 cm³/mol. The summed E-state index contributed by atoms with van der Waals surface area (Å²) in [5.74, 6) is 1.66. The van der Waals surface area contributed by atoms with Crippen LogP contribution in [0.1, 0.15) is 12.8 Å². The third-order valence-electron chi connectivity index (χ3n) is 2.45. The van der Waals surface area contributed by atoms with Gasteiger partial charge in [0, 0.05) is 13.0 Å². The number of rotatable bonds is 1. The molecule has 1 saturated carbocycles. The Morgan fingerprint density at radius 3 is 3.00 bits per heavy atom. The van der Waals surface area contributed by atoms with Crippen molar-refractivity contribution in [3.8, 4) is 0 Å². The molecule has 9 heavy (non-hydrogen) atoms. The number of fused-ring (bicyclic) bond motifs is 1. The molecule has 0 heterocycles. The second-order valence-electron chi connectivity index (χ2n) is 2.95. The van der Waals surface area contributed by atoms with Gasteiger partial charge >= 0.3 is 0 Å². The number of methoxy groups -OCH3 is 1. The second-order valence-corrected chi connectivity index (χ2v) is 2.95. The summed E-state index contributed by atoms with van der Waals surface area (Å²) in [6.07, 6.45) is 7.77. The van der Waals surface area contributed by atoms with Crippen molar-refractivity contribution in [3.05, 3.63) is 12.2 Å². The van der Waals surface area contributed by atoms with Gasteiger partial charge in [0.25, 0.3) is 0 Å². The zero-order chi connectivity index (χ0) is 6.27. The van der Waals surface area contributed by atoms with Gasteiger partial charge in [-0.25, -0.2) is 0 Å². The highest BCUT2D eigenvalue weighted by Gasteiger charge is 2.49. The number of hydrogen-bond acceptors (Lipinski definition) is 1. The van der Waals surface area contributed by atoms with Gasteiger partial charge in [-0.3, -0.25) is 0 Å². The van der Waals surface area contributed by atoms with E-state index in [2.05, 4.69) is 12.2 Å². The molecule has 0 aromatic carbocycles. The van der Waals surface area contributed by atoms with Gasteiger partial charge in [0.15, 0.2) is 0 Å². The van der Waals surface area contributed by atoms with Gasteiger partial charge in [-0.2, -0.15) is 0 Å². The van der Waals surface area contributed by atoms with Crippen molar-refractivity contribution < 1.29 is 4.74 Å². The van der Waals surface area contributed by atoms with Gasteiger partial charge in [0.2, 0.25) is 0 Å². The molecule has 0 saturated heterocycles. The predicted octanol–water partition coefficient (Wildman–Crippen LogP) is 1.60. The smallest absolute Gasteiger partial charge is 0.0672 e. The highest BCUT2D eigenvalue weighted by Crippen LogP contribution is 2.48. The summed E-state index contributed by atoms with van der Waals surface area (Å²) >= 11 is 0. The Morgan fingerprint density at radius 1 is 1.56 bits per heavy atom. The lowest BCUT2D eigenvalue weighted by molar-refractivity contribution is 0.163. The van der Waals surface area contributed by atoms with Gasteiger partial charge in [0.05, 0.1) is 6.10 Å². The average molecular weight is 124 g/mol. The van der Waals surface area contributed by atoms with E-state index in [1.807, 2.05) is 7.11 Å². The molecule has 0 bridgehead atoms. The lowest BCUT2D eigenvalue weighted by Crippen LogP contribution is -1.89. The monoisotopic (exact) mass is 124 g/mol. The minimum absolute atomic E-state index is 0.573. The van der Waals surface area contributed by atoms with Crippen molar-refractivity contribution in [2.45, 2.75) is 18.9 Å². The molecule has 0 radical (unpaired) electrons. The van der Waals surface area contributed by atoms with Crippen LogP contribution in [0.3, 0.4) is 0 Å². The van der Waals surface area contributed by atoms with Crippen molar-refractivity contribution in [1.29, 1.82) is 0 Å². The van der Waals surface area contributed by atoms with Crippen LogP contribution in [0.4, 0.5) is 0 Å². The summed E-state index contributed by atoms with van der Waals surface area (Å²) in [5, 5.41) is 0. The highest BCUT2D eigenvalue weighted by atomic mass is 16.5. The normalized spacial score (nSPS) is 46.6. The largest absolute Gasteiger partial charge is 0.381 e. The molecule has 2 aliphatic carbocycles. The molecule has 0 spiro atoms. The molecule has 0 aromatic rings. The molecule has 2 rings (SSSR count). The quantitative estimate of drug-likeness (QED) is 0.482. The average Bonchev–Trinajstić information content (AvgIpc) is 2.60. The highest BCUT2D eigenvalue weighted by molar-refractivity contribution is 5.13. The standard InChI is InChI=1S/C8H12O/c1-9-8-6-4-2-3-5-7(6)8/h2,4,6-8H,3,5H2,1H3. The first-order valence-corrected chi connectivity index (χ1v) is 3.63. The van der Waals surface area contributed by atoms with Crippen LogP contribution in [0.15, 0.2) is 12.2 Å². The van der Waals surface area contributed by atoms with Gasteiger partial charge in [-0.05, 0) is 18.8 Å². The fourth-order valence-corrected chi connectivity index (χ4v) is 1.85. The first-order valence-electron chi connectivity index (χ1n) is 3.63. The molecule has 2 aliphatic rings. The van der Waals surface area contributed by atoms with E-state index in [1.54, 1.807) is 0 Å². The third kappa shape index (κ3) is 0.715.